The molecule has 243 valence electrons. The molecule has 49 heavy (non-hydrogen) atoms. The van der Waals surface area contributed by atoms with E-state index in [1.807, 2.05) is 77.8 Å². The molecule has 0 saturated heterocycles. The molecule has 0 atom stereocenters. The fourth-order valence-corrected chi connectivity index (χ4v) is 5.97. The number of pyridine rings is 3. The zero-order chi connectivity index (χ0) is 32.4. The minimum absolute atomic E-state index is 0. The summed E-state index contributed by atoms with van der Waals surface area (Å²) in [6.45, 7) is 0. The van der Waals surface area contributed by atoms with Gasteiger partial charge in [-0.05, 0) is 71.3 Å². The standard InChI is InChI=1S/C45H36N3.Ir/c1-4-10-41(11-5-1)44-26-22-36(33-46-44)15-18-39-30-38(17-14-35-20-24-43(25-21-35)48-28-8-3-9-29-48)31-40(32-39)19-16-37-23-27-45(47-34-37)42-12-6-2-7-13-42;/h1-10,12,20-24,26-28,30-34H,14-19H2;/q-3;. The Morgan fingerprint density at radius 2 is 0.980 bits per heavy atom. The second-order valence-electron chi connectivity index (χ2n) is 12.1. The molecule has 0 aliphatic rings. The first-order valence-corrected chi connectivity index (χ1v) is 16.6. The molecule has 0 unspecified atom stereocenters. The van der Waals surface area contributed by atoms with E-state index in [0.717, 1.165) is 66.7 Å². The van der Waals surface area contributed by atoms with Gasteiger partial charge in [0.05, 0.1) is 6.20 Å². The summed E-state index contributed by atoms with van der Waals surface area (Å²) in [7, 11) is 0. The van der Waals surface area contributed by atoms with Crippen LogP contribution in [0.25, 0.3) is 28.2 Å². The van der Waals surface area contributed by atoms with Crippen LogP contribution in [0, 0.1) is 24.4 Å². The van der Waals surface area contributed by atoms with E-state index in [-0.39, 0.29) is 20.1 Å². The molecule has 7 aromatic rings. The molecule has 0 N–H and O–H groups in total. The summed E-state index contributed by atoms with van der Waals surface area (Å²) >= 11 is 0. The fraction of sp³-hybridized carbons (Fsp3) is 0.133. The Labute approximate surface area is 303 Å². The largest absolute Gasteiger partial charge is 0.307 e. The molecule has 1 radical (unpaired) electrons. The van der Waals surface area contributed by atoms with Crippen LogP contribution >= 0.6 is 0 Å². The van der Waals surface area contributed by atoms with Crippen LogP contribution in [0.5, 0.6) is 0 Å². The molecule has 0 bridgehead atoms. The average molecular weight is 811 g/mol. The minimum Gasteiger partial charge on any atom is -0.307 e. The van der Waals surface area contributed by atoms with Crippen molar-refractivity contribution < 1.29 is 24.7 Å². The Kier molecular flexibility index (Phi) is 11.7. The molecule has 4 aromatic carbocycles. The van der Waals surface area contributed by atoms with Crippen LogP contribution in [0.4, 0.5) is 0 Å². The van der Waals surface area contributed by atoms with Gasteiger partial charge < -0.3 is 14.5 Å². The molecule has 0 aliphatic carbocycles. The number of nitrogens with zero attached hydrogens (tertiary/aromatic N) is 3. The topological polar surface area (TPSA) is 29.7 Å². The van der Waals surface area contributed by atoms with Crippen LogP contribution in [-0.4, -0.2) is 9.97 Å². The van der Waals surface area contributed by atoms with Gasteiger partial charge in [-0.2, -0.15) is 23.8 Å². The van der Waals surface area contributed by atoms with E-state index in [1.165, 1.54) is 33.4 Å². The minimum atomic E-state index is 0. The summed E-state index contributed by atoms with van der Waals surface area (Å²) in [5.41, 5.74) is 12.8. The molecule has 0 spiro atoms. The van der Waals surface area contributed by atoms with E-state index in [9.17, 15) is 0 Å². The Hall–Kier alpha value is -5.02. The number of hydrogen-bond donors (Lipinski definition) is 0. The molecule has 3 nitrogen and oxygen atoms in total. The molecule has 0 fully saturated rings. The van der Waals surface area contributed by atoms with Crippen LogP contribution < -0.4 is 4.57 Å². The zero-order valence-corrected chi connectivity index (χ0v) is 29.7. The first-order chi connectivity index (χ1) is 23.7. The van der Waals surface area contributed by atoms with Gasteiger partial charge in [0, 0.05) is 38.2 Å². The molecule has 7 rings (SSSR count). The van der Waals surface area contributed by atoms with Crippen molar-refractivity contribution in [1.82, 2.24) is 9.97 Å². The molecule has 0 saturated carbocycles. The van der Waals surface area contributed by atoms with Gasteiger partial charge in [-0.15, -0.1) is 83.9 Å². The third-order valence-electron chi connectivity index (χ3n) is 8.62. The van der Waals surface area contributed by atoms with Crippen LogP contribution in [0.2, 0.25) is 0 Å². The Bertz CT molecular complexity index is 1770. The Balaban J connectivity index is 0.00000417. The number of aromatic nitrogens is 3. The van der Waals surface area contributed by atoms with E-state index in [1.54, 1.807) is 0 Å². The fourth-order valence-electron chi connectivity index (χ4n) is 5.97. The van der Waals surface area contributed by atoms with Gasteiger partial charge >= 0.3 is 0 Å². The molecular formula is C45H36IrN3-3. The summed E-state index contributed by atoms with van der Waals surface area (Å²) in [6.07, 6.45) is 15.0. The van der Waals surface area contributed by atoms with Crippen molar-refractivity contribution in [2.75, 3.05) is 0 Å². The van der Waals surface area contributed by atoms with Crippen molar-refractivity contribution in [1.29, 1.82) is 0 Å². The van der Waals surface area contributed by atoms with Crippen molar-refractivity contribution in [3.8, 4) is 28.2 Å². The predicted octanol–water partition coefficient (Wildman–Crippen LogP) is 8.64. The molecule has 4 heteroatoms. The normalized spacial score (nSPS) is 10.8. The maximum Gasteiger partial charge on any atom is 0.150 e. The monoisotopic (exact) mass is 811 g/mol. The Morgan fingerprint density at radius 3 is 1.41 bits per heavy atom. The van der Waals surface area contributed by atoms with Crippen LogP contribution in [-0.2, 0) is 58.6 Å². The zero-order valence-electron chi connectivity index (χ0n) is 27.3. The quantitative estimate of drug-likeness (QED) is 0.0915. The summed E-state index contributed by atoms with van der Waals surface area (Å²) in [5.74, 6) is 0. The maximum absolute atomic E-state index is 4.73. The summed E-state index contributed by atoms with van der Waals surface area (Å²) in [4.78, 5) is 9.46. The van der Waals surface area contributed by atoms with E-state index in [0.29, 0.717) is 0 Å². The number of benzene rings is 4. The molecule has 0 aliphatic heterocycles. The van der Waals surface area contributed by atoms with Gasteiger partial charge in [0.25, 0.3) is 0 Å². The van der Waals surface area contributed by atoms with Gasteiger partial charge in [0.2, 0.25) is 0 Å². The maximum atomic E-state index is 4.73. The van der Waals surface area contributed by atoms with Gasteiger partial charge in [-0.25, -0.2) is 0 Å². The van der Waals surface area contributed by atoms with Crippen LogP contribution in [0.15, 0.2) is 146 Å². The van der Waals surface area contributed by atoms with Gasteiger partial charge in [0.1, 0.15) is 6.20 Å². The van der Waals surface area contributed by atoms with Crippen molar-refractivity contribution in [3.63, 3.8) is 0 Å². The van der Waals surface area contributed by atoms with E-state index < -0.39 is 0 Å². The molecule has 0 amide bonds. The third kappa shape index (κ3) is 9.32. The molecule has 3 aromatic heterocycles. The second kappa shape index (κ2) is 16.9. The first-order valence-electron chi connectivity index (χ1n) is 16.6. The first kappa shape index (κ1) is 33.9. The van der Waals surface area contributed by atoms with Crippen LogP contribution in [0.3, 0.4) is 0 Å². The summed E-state index contributed by atoms with van der Waals surface area (Å²) in [6, 6.07) is 54.1. The number of hydrogen-bond acceptors (Lipinski definition) is 2. The van der Waals surface area contributed by atoms with Crippen molar-refractivity contribution in [2.45, 2.75) is 38.5 Å². The SMILES string of the molecule is [Ir].[c-]1ccccc1-c1ccc(CCc2cc(CCc3c[c-]c(-[n+]4[c-]cccc4)cc3)cc(CCc3ccc(-c4[c-]cccc4)nc3)c2)cn1. The summed E-state index contributed by atoms with van der Waals surface area (Å²) in [5, 5.41) is 0. The van der Waals surface area contributed by atoms with Crippen molar-refractivity contribution >= 4 is 0 Å². The van der Waals surface area contributed by atoms with E-state index in [2.05, 4.69) is 97.2 Å². The predicted molar refractivity (Wildman–Crippen MR) is 191 cm³/mol. The van der Waals surface area contributed by atoms with E-state index in [4.69, 9.17) is 9.97 Å². The Morgan fingerprint density at radius 1 is 0.469 bits per heavy atom. The second-order valence-corrected chi connectivity index (χ2v) is 12.1. The smallest absolute Gasteiger partial charge is 0.150 e. The summed E-state index contributed by atoms with van der Waals surface area (Å²) < 4.78 is 1.96. The van der Waals surface area contributed by atoms with Crippen LogP contribution in [0.1, 0.15) is 33.4 Å². The van der Waals surface area contributed by atoms with E-state index >= 15 is 0 Å². The van der Waals surface area contributed by atoms with Crippen molar-refractivity contribution in [2.24, 2.45) is 0 Å². The molecular weight excluding hydrogens is 775 g/mol. The van der Waals surface area contributed by atoms with Crippen molar-refractivity contribution in [3.05, 3.63) is 204 Å². The number of rotatable bonds is 12. The molecule has 3 heterocycles. The third-order valence-corrected chi connectivity index (χ3v) is 8.62. The van der Waals surface area contributed by atoms with Gasteiger partial charge in [-0.3, -0.25) is 0 Å². The number of aryl methyl sites for hydroxylation is 6. The van der Waals surface area contributed by atoms with Gasteiger partial charge in [-0.1, -0.05) is 61.0 Å². The average Bonchev–Trinajstić information content (AvgIpc) is 3.17. The van der Waals surface area contributed by atoms with Gasteiger partial charge in [0.15, 0.2) is 0 Å².